The molecule has 3 aromatic rings. The molecule has 0 radical (unpaired) electrons. The fourth-order valence-corrected chi connectivity index (χ4v) is 4.29. The molecule has 3 rings (SSSR count). The van der Waals surface area contributed by atoms with Crippen LogP contribution in [0.15, 0.2) is 72.8 Å². The summed E-state index contributed by atoms with van der Waals surface area (Å²) in [5.74, 6) is -0.266. The number of rotatable bonds is 11. The quantitative estimate of drug-likeness (QED) is 0.303. The second-order valence-corrected chi connectivity index (χ2v) is 9.54. The molecule has 4 nitrogen and oxygen atoms in total. The maximum atomic E-state index is 13.8. The van der Waals surface area contributed by atoms with Gasteiger partial charge in [-0.05, 0) is 47.7 Å². The molecule has 0 saturated carbocycles. The monoisotopic (exact) mass is 510 g/mol. The van der Waals surface area contributed by atoms with E-state index < -0.39 is 6.04 Å². The lowest BCUT2D eigenvalue weighted by atomic mass is 10.00. The minimum absolute atomic E-state index is 0.114. The highest BCUT2D eigenvalue weighted by Gasteiger charge is 2.30. The molecule has 1 N–H and O–H groups in total. The van der Waals surface area contributed by atoms with Crippen LogP contribution in [0.1, 0.15) is 42.0 Å². The molecule has 1 atom stereocenters. The lowest BCUT2D eigenvalue weighted by Crippen LogP contribution is -2.51. The van der Waals surface area contributed by atoms with Gasteiger partial charge in [-0.2, -0.15) is 0 Å². The van der Waals surface area contributed by atoms with Gasteiger partial charge >= 0.3 is 0 Å². The van der Waals surface area contributed by atoms with Crippen LogP contribution in [0.2, 0.25) is 10.0 Å². The summed E-state index contributed by atoms with van der Waals surface area (Å²) in [6.45, 7) is 4.90. The SMILES string of the molecule is CCCCNC(=O)C(Cc1ccccc1)N(Cc1ccc(Cl)c(Cl)c1)C(=O)Cc1ccccc1C. The van der Waals surface area contributed by atoms with E-state index >= 15 is 0 Å². The van der Waals surface area contributed by atoms with E-state index in [2.05, 4.69) is 12.2 Å². The van der Waals surface area contributed by atoms with Crippen molar-refractivity contribution < 1.29 is 9.59 Å². The van der Waals surface area contributed by atoms with Gasteiger partial charge in [0.1, 0.15) is 6.04 Å². The van der Waals surface area contributed by atoms with Crippen LogP contribution < -0.4 is 5.32 Å². The first kappa shape index (κ1) is 26.8. The van der Waals surface area contributed by atoms with Crippen molar-refractivity contribution in [2.75, 3.05) is 6.54 Å². The summed E-state index contributed by atoms with van der Waals surface area (Å²) in [5.41, 5.74) is 3.80. The predicted molar refractivity (Wildman–Crippen MR) is 144 cm³/mol. The van der Waals surface area contributed by atoms with Gasteiger partial charge in [0.2, 0.25) is 11.8 Å². The van der Waals surface area contributed by atoms with E-state index in [4.69, 9.17) is 23.2 Å². The average molecular weight is 511 g/mol. The maximum absolute atomic E-state index is 13.8. The second kappa shape index (κ2) is 13.3. The standard InChI is InChI=1S/C29H32Cl2N2O2/c1-3-4-16-32-29(35)27(18-22-11-6-5-7-12-22)33(20-23-14-15-25(30)26(31)17-23)28(34)19-24-13-9-8-10-21(24)2/h5-15,17,27H,3-4,16,18-20H2,1-2H3,(H,32,35). The molecule has 0 bridgehead atoms. The molecule has 0 aliphatic rings. The normalized spacial score (nSPS) is 11.7. The number of hydrogen-bond acceptors (Lipinski definition) is 2. The number of unbranched alkanes of at least 4 members (excludes halogenated alkanes) is 1. The summed E-state index contributed by atoms with van der Waals surface area (Å²) in [4.78, 5) is 28.9. The van der Waals surface area contributed by atoms with Gasteiger partial charge in [0, 0.05) is 19.5 Å². The van der Waals surface area contributed by atoms with E-state index in [1.54, 1.807) is 17.0 Å². The molecule has 1 unspecified atom stereocenters. The summed E-state index contributed by atoms with van der Waals surface area (Å²) >= 11 is 12.4. The zero-order valence-electron chi connectivity index (χ0n) is 20.3. The van der Waals surface area contributed by atoms with Crippen molar-refractivity contribution in [1.29, 1.82) is 0 Å². The van der Waals surface area contributed by atoms with Crippen LogP contribution in [0.25, 0.3) is 0 Å². The molecule has 0 spiro atoms. The number of carbonyl (C=O) groups is 2. The van der Waals surface area contributed by atoms with Crippen molar-refractivity contribution in [1.82, 2.24) is 10.2 Å². The second-order valence-electron chi connectivity index (χ2n) is 8.72. The number of halogens is 2. The van der Waals surface area contributed by atoms with Crippen molar-refractivity contribution in [2.24, 2.45) is 0 Å². The minimum Gasteiger partial charge on any atom is -0.354 e. The lowest BCUT2D eigenvalue weighted by Gasteiger charge is -2.32. The Bertz CT molecular complexity index is 1130. The Morgan fingerprint density at radius 3 is 2.31 bits per heavy atom. The van der Waals surface area contributed by atoms with Crippen LogP contribution in [0.4, 0.5) is 0 Å². The van der Waals surface area contributed by atoms with Crippen molar-refractivity contribution in [3.05, 3.63) is 105 Å². The van der Waals surface area contributed by atoms with Gasteiger partial charge < -0.3 is 10.2 Å². The molecule has 0 aromatic heterocycles. The van der Waals surface area contributed by atoms with Crippen molar-refractivity contribution in [2.45, 2.75) is 52.1 Å². The van der Waals surface area contributed by atoms with Gasteiger partial charge in [-0.3, -0.25) is 9.59 Å². The molecule has 3 aromatic carbocycles. The van der Waals surface area contributed by atoms with Gasteiger partial charge in [-0.15, -0.1) is 0 Å². The Kier molecular flexibility index (Phi) is 10.2. The first-order chi connectivity index (χ1) is 16.9. The number of hydrogen-bond donors (Lipinski definition) is 1. The van der Waals surface area contributed by atoms with Crippen LogP contribution in [0.5, 0.6) is 0 Å². The number of aryl methyl sites for hydroxylation is 1. The summed E-state index contributed by atoms with van der Waals surface area (Å²) < 4.78 is 0. The fraction of sp³-hybridized carbons (Fsp3) is 0.310. The summed E-state index contributed by atoms with van der Waals surface area (Å²) in [6, 6.07) is 22.3. The van der Waals surface area contributed by atoms with E-state index in [0.29, 0.717) is 23.0 Å². The zero-order valence-corrected chi connectivity index (χ0v) is 21.8. The Morgan fingerprint density at radius 1 is 0.914 bits per heavy atom. The van der Waals surface area contributed by atoms with Gasteiger partial charge in [-0.25, -0.2) is 0 Å². The van der Waals surface area contributed by atoms with Crippen LogP contribution in [-0.4, -0.2) is 29.3 Å². The number of amides is 2. The van der Waals surface area contributed by atoms with Crippen molar-refractivity contribution >= 4 is 35.0 Å². The molecule has 0 heterocycles. The van der Waals surface area contributed by atoms with Crippen molar-refractivity contribution in [3.63, 3.8) is 0 Å². The lowest BCUT2D eigenvalue weighted by molar-refractivity contribution is -0.140. The molecule has 0 saturated heterocycles. The Morgan fingerprint density at radius 2 is 1.63 bits per heavy atom. The zero-order chi connectivity index (χ0) is 25.2. The maximum Gasteiger partial charge on any atom is 0.243 e. The van der Waals surface area contributed by atoms with Gasteiger partial charge in [0.25, 0.3) is 0 Å². The highest BCUT2D eigenvalue weighted by atomic mass is 35.5. The fourth-order valence-electron chi connectivity index (χ4n) is 3.97. The van der Waals surface area contributed by atoms with Crippen LogP contribution in [0, 0.1) is 6.92 Å². The third-order valence-electron chi connectivity index (χ3n) is 6.04. The third-order valence-corrected chi connectivity index (χ3v) is 6.78. The highest BCUT2D eigenvalue weighted by molar-refractivity contribution is 6.42. The van der Waals surface area contributed by atoms with Gasteiger partial charge in [-0.1, -0.05) is 97.2 Å². The average Bonchev–Trinajstić information content (AvgIpc) is 2.85. The summed E-state index contributed by atoms with van der Waals surface area (Å²) in [7, 11) is 0. The molecule has 0 aliphatic heterocycles. The van der Waals surface area contributed by atoms with Gasteiger partial charge in [0.15, 0.2) is 0 Å². The number of nitrogens with one attached hydrogen (secondary N) is 1. The summed E-state index contributed by atoms with van der Waals surface area (Å²) in [5, 5.41) is 3.91. The predicted octanol–water partition coefficient (Wildman–Crippen LogP) is 6.40. The van der Waals surface area contributed by atoms with Crippen molar-refractivity contribution in [3.8, 4) is 0 Å². The molecule has 0 fully saturated rings. The molecule has 6 heteroatoms. The molecular formula is C29H32Cl2N2O2. The largest absolute Gasteiger partial charge is 0.354 e. The molecular weight excluding hydrogens is 479 g/mol. The topological polar surface area (TPSA) is 49.4 Å². The van der Waals surface area contributed by atoms with E-state index in [1.165, 1.54) is 0 Å². The van der Waals surface area contributed by atoms with Crippen LogP contribution >= 0.6 is 23.2 Å². The van der Waals surface area contributed by atoms with Crippen LogP contribution in [-0.2, 0) is 29.0 Å². The van der Waals surface area contributed by atoms with Crippen LogP contribution in [0.3, 0.4) is 0 Å². The molecule has 184 valence electrons. The van der Waals surface area contributed by atoms with Gasteiger partial charge in [0.05, 0.1) is 16.5 Å². The Hall–Kier alpha value is -2.82. The highest BCUT2D eigenvalue weighted by Crippen LogP contribution is 2.25. The Labute approximate surface area is 218 Å². The molecule has 0 aliphatic carbocycles. The third kappa shape index (κ3) is 7.84. The smallest absolute Gasteiger partial charge is 0.243 e. The minimum atomic E-state index is -0.666. The van der Waals surface area contributed by atoms with E-state index in [1.807, 2.05) is 67.6 Å². The first-order valence-electron chi connectivity index (χ1n) is 12.0. The number of benzene rings is 3. The van der Waals surface area contributed by atoms with E-state index in [-0.39, 0.29) is 24.8 Å². The summed E-state index contributed by atoms with van der Waals surface area (Å²) in [6.07, 6.45) is 2.48. The number of carbonyl (C=O) groups excluding carboxylic acids is 2. The number of nitrogens with zero attached hydrogens (tertiary/aromatic N) is 1. The molecule has 35 heavy (non-hydrogen) atoms. The van der Waals surface area contributed by atoms with E-state index in [0.717, 1.165) is 35.1 Å². The first-order valence-corrected chi connectivity index (χ1v) is 12.7. The van der Waals surface area contributed by atoms with E-state index in [9.17, 15) is 9.59 Å². The Balaban J connectivity index is 1.97. The molecule has 2 amide bonds.